The van der Waals surface area contributed by atoms with Crippen molar-refractivity contribution >= 4 is 22.1 Å². The van der Waals surface area contributed by atoms with Crippen LogP contribution in [0, 0.1) is 5.92 Å². The second kappa shape index (κ2) is 5.47. The lowest BCUT2D eigenvalue weighted by molar-refractivity contribution is -0.166. The van der Waals surface area contributed by atoms with Crippen molar-refractivity contribution in [2.24, 2.45) is 5.92 Å². The predicted octanol–water partition coefficient (Wildman–Crippen LogP) is -0.244. The van der Waals surface area contributed by atoms with Crippen LogP contribution in [0.5, 0.6) is 0 Å². The van der Waals surface area contributed by atoms with E-state index in [4.69, 9.17) is 18.4 Å². The first-order valence-electron chi connectivity index (χ1n) is 7.28. The average molecular weight is 334 g/mol. The minimum absolute atomic E-state index is 0.229. The largest absolute Gasteiger partial charge is 0.454 e. The molecule has 22 heavy (non-hydrogen) atoms. The molecule has 3 rings (SSSR count). The number of fused-ring (bicyclic) bond motifs is 1. The molecule has 3 aliphatic rings. The molecule has 2 bridgehead atoms. The fraction of sp³-hybridized carbons (Fsp3) is 0.846. The SMILES string of the molecule is CCCC(=O)OCC(=O)OC1C2OC3C1OS(=O)(=O)C3C2C. The van der Waals surface area contributed by atoms with Crippen molar-refractivity contribution in [2.45, 2.75) is 56.4 Å². The van der Waals surface area contributed by atoms with Crippen molar-refractivity contribution in [2.75, 3.05) is 6.61 Å². The van der Waals surface area contributed by atoms with Crippen LogP contribution in [-0.4, -0.2) is 56.6 Å². The Morgan fingerprint density at radius 2 is 1.86 bits per heavy atom. The van der Waals surface area contributed by atoms with Crippen LogP contribution in [0.1, 0.15) is 26.7 Å². The molecule has 0 spiro atoms. The average Bonchev–Trinajstić information content (AvgIpc) is 3.00. The first-order valence-corrected chi connectivity index (χ1v) is 8.75. The Morgan fingerprint density at radius 1 is 1.14 bits per heavy atom. The highest BCUT2D eigenvalue weighted by atomic mass is 32.2. The van der Waals surface area contributed by atoms with E-state index in [0.29, 0.717) is 6.42 Å². The van der Waals surface area contributed by atoms with E-state index < -0.39 is 58.3 Å². The second-order valence-electron chi connectivity index (χ2n) is 5.81. The molecular formula is C13H18O8S. The highest BCUT2D eigenvalue weighted by molar-refractivity contribution is 7.87. The highest BCUT2D eigenvalue weighted by Crippen LogP contribution is 2.50. The Hall–Kier alpha value is -1.19. The van der Waals surface area contributed by atoms with Crippen molar-refractivity contribution in [1.82, 2.24) is 0 Å². The van der Waals surface area contributed by atoms with Gasteiger partial charge in [0.05, 0.1) is 0 Å². The molecule has 0 aromatic heterocycles. The molecule has 6 unspecified atom stereocenters. The van der Waals surface area contributed by atoms with Crippen molar-refractivity contribution in [3.8, 4) is 0 Å². The number of ether oxygens (including phenoxy) is 3. The molecule has 0 aromatic carbocycles. The van der Waals surface area contributed by atoms with E-state index in [9.17, 15) is 18.0 Å². The molecular weight excluding hydrogens is 316 g/mol. The third-order valence-corrected chi connectivity index (χ3v) is 6.15. The Balaban J connectivity index is 1.61. The van der Waals surface area contributed by atoms with Gasteiger partial charge in [0.1, 0.15) is 23.6 Å². The zero-order chi connectivity index (χ0) is 16.1. The van der Waals surface area contributed by atoms with Gasteiger partial charge in [0, 0.05) is 12.3 Å². The van der Waals surface area contributed by atoms with Gasteiger partial charge in [0.15, 0.2) is 12.7 Å². The van der Waals surface area contributed by atoms with E-state index in [1.165, 1.54) is 0 Å². The number of esters is 2. The van der Waals surface area contributed by atoms with E-state index in [1.54, 1.807) is 6.92 Å². The number of carbonyl (C=O) groups is 2. The van der Waals surface area contributed by atoms with Crippen LogP contribution in [0.4, 0.5) is 0 Å². The lowest BCUT2D eigenvalue weighted by atomic mass is 9.86. The van der Waals surface area contributed by atoms with Crippen LogP contribution in [0.15, 0.2) is 0 Å². The van der Waals surface area contributed by atoms with Gasteiger partial charge in [-0.3, -0.25) is 8.98 Å². The van der Waals surface area contributed by atoms with Gasteiger partial charge >= 0.3 is 11.9 Å². The Bertz CT molecular complexity index is 585. The van der Waals surface area contributed by atoms with Crippen LogP contribution in [-0.2, 0) is 38.1 Å². The van der Waals surface area contributed by atoms with Gasteiger partial charge in [-0.15, -0.1) is 0 Å². The number of hydrogen-bond acceptors (Lipinski definition) is 8. The summed E-state index contributed by atoms with van der Waals surface area (Å²) in [7, 11) is -3.68. The van der Waals surface area contributed by atoms with Crippen LogP contribution in [0.25, 0.3) is 0 Å². The highest BCUT2D eigenvalue weighted by Gasteiger charge is 2.70. The minimum atomic E-state index is -3.68. The molecule has 0 saturated carbocycles. The normalized spacial score (nSPS) is 40.6. The predicted molar refractivity (Wildman–Crippen MR) is 71.2 cm³/mol. The first kappa shape index (κ1) is 15.7. The summed E-state index contributed by atoms with van der Waals surface area (Å²) in [5.41, 5.74) is 0. The summed E-state index contributed by atoms with van der Waals surface area (Å²) in [5.74, 6) is -1.52. The van der Waals surface area contributed by atoms with E-state index in [1.807, 2.05) is 6.92 Å². The molecule has 6 atom stereocenters. The summed E-state index contributed by atoms with van der Waals surface area (Å²) < 4.78 is 44.4. The summed E-state index contributed by atoms with van der Waals surface area (Å²) in [6.45, 7) is 3.06. The molecule has 0 radical (unpaired) electrons. The topological polar surface area (TPSA) is 105 Å². The molecule has 124 valence electrons. The summed E-state index contributed by atoms with van der Waals surface area (Å²) in [6.07, 6.45) is -1.83. The Labute approximate surface area is 128 Å². The molecule has 8 nitrogen and oxygen atoms in total. The third-order valence-electron chi connectivity index (χ3n) is 4.30. The maximum Gasteiger partial charge on any atom is 0.344 e. The lowest BCUT2D eigenvalue weighted by Crippen LogP contribution is -2.46. The van der Waals surface area contributed by atoms with Crippen molar-refractivity contribution in [1.29, 1.82) is 0 Å². The third kappa shape index (κ3) is 2.40. The van der Waals surface area contributed by atoms with Gasteiger partial charge in [0.2, 0.25) is 0 Å². The molecule has 3 aliphatic heterocycles. The maximum absolute atomic E-state index is 11.9. The molecule has 3 saturated heterocycles. The lowest BCUT2D eigenvalue weighted by Gasteiger charge is -2.25. The first-order chi connectivity index (χ1) is 10.3. The summed E-state index contributed by atoms with van der Waals surface area (Å²) in [5, 5.41) is -0.695. The van der Waals surface area contributed by atoms with Crippen LogP contribution < -0.4 is 0 Å². The molecule has 0 aliphatic carbocycles. The Kier molecular flexibility index (Phi) is 3.90. The fourth-order valence-electron chi connectivity index (χ4n) is 3.38. The molecule has 0 amide bonds. The van der Waals surface area contributed by atoms with Crippen molar-refractivity contribution in [3.05, 3.63) is 0 Å². The van der Waals surface area contributed by atoms with Crippen LogP contribution in [0.2, 0.25) is 0 Å². The summed E-state index contributed by atoms with van der Waals surface area (Å²) >= 11 is 0. The maximum atomic E-state index is 11.9. The van der Waals surface area contributed by atoms with E-state index in [0.717, 1.165) is 0 Å². The number of rotatable bonds is 5. The monoisotopic (exact) mass is 334 g/mol. The smallest absolute Gasteiger partial charge is 0.344 e. The fourth-order valence-corrected chi connectivity index (χ4v) is 5.26. The van der Waals surface area contributed by atoms with E-state index in [2.05, 4.69) is 0 Å². The number of carbonyl (C=O) groups excluding carboxylic acids is 2. The van der Waals surface area contributed by atoms with Crippen molar-refractivity contribution < 1.29 is 36.4 Å². The summed E-state index contributed by atoms with van der Waals surface area (Å²) in [4.78, 5) is 23.0. The van der Waals surface area contributed by atoms with Gasteiger partial charge < -0.3 is 14.2 Å². The van der Waals surface area contributed by atoms with Crippen molar-refractivity contribution in [3.63, 3.8) is 0 Å². The molecule has 3 fully saturated rings. The van der Waals surface area contributed by atoms with Gasteiger partial charge in [-0.25, -0.2) is 4.79 Å². The van der Waals surface area contributed by atoms with Gasteiger partial charge in [0.25, 0.3) is 10.1 Å². The molecule has 9 heteroatoms. The van der Waals surface area contributed by atoms with Gasteiger partial charge in [-0.2, -0.15) is 8.42 Å². The van der Waals surface area contributed by atoms with Gasteiger partial charge in [-0.05, 0) is 6.42 Å². The molecule has 0 N–H and O–H groups in total. The van der Waals surface area contributed by atoms with Crippen LogP contribution >= 0.6 is 0 Å². The minimum Gasteiger partial charge on any atom is -0.454 e. The number of hydrogen-bond donors (Lipinski definition) is 0. The standard InChI is InChI=1S/C13H18O8S/c1-3-4-7(14)18-5-8(15)19-10-9-6(2)13-12(20-9)11(10)21-22(13,16)17/h6,9-13H,3-5H2,1-2H3. The quantitative estimate of drug-likeness (QED) is 0.501. The van der Waals surface area contributed by atoms with E-state index >= 15 is 0 Å². The Morgan fingerprint density at radius 3 is 2.55 bits per heavy atom. The van der Waals surface area contributed by atoms with Crippen LogP contribution in [0.3, 0.4) is 0 Å². The zero-order valence-corrected chi connectivity index (χ0v) is 13.1. The summed E-state index contributed by atoms with van der Waals surface area (Å²) in [6, 6.07) is 0. The second-order valence-corrected chi connectivity index (χ2v) is 7.53. The van der Waals surface area contributed by atoms with E-state index in [-0.39, 0.29) is 12.3 Å². The van der Waals surface area contributed by atoms with Gasteiger partial charge in [-0.1, -0.05) is 13.8 Å². The zero-order valence-electron chi connectivity index (χ0n) is 12.3. The molecule has 3 heterocycles. The molecule has 0 aromatic rings.